The molecule has 0 N–H and O–H groups in total. The van der Waals surface area contributed by atoms with Crippen LogP contribution in [0, 0.1) is 0 Å². The molecule has 5 heterocycles. The van der Waals surface area contributed by atoms with Gasteiger partial charge in [0, 0.05) is 80.9 Å². The lowest BCUT2D eigenvalue weighted by molar-refractivity contribution is 0.245. The lowest BCUT2D eigenvalue weighted by atomic mass is 10.1. The molecule has 0 fully saturated rings. The number of hydrogen-bond acceptors (Lipinski definition) is 4. The third-order valence-corrected chi connectivity index (χ3v) is 5.28. The monoisotopic (exact) mass is 373 g/mol. The van der Waals surface area contributed by atoms with Crippen molar-refractivity contribution in [1.82, 2.24) is 34.0 Å². The number of aryl methyl sites for hydroxylation is 2. The molecule has 0 radical (unpaired) electrons. The molecule has 0 aromatic carbocycles. The van der Waals surface area contributed by atoms with Crippen LogP contribution in [-0.4, -0.2) is 34.0 Å². The molecular weight excluding hydrogens is 350 g/mol. The molecule has 0 saturated carbocycles. The van der Waals surface area contributed by atoms with Gasteiger partial charge in [-0.3, -0.25) is 19.2 Å². The Balaban J connectivity index is 1.50. The summed E-state index contributed by atoms with van der Waals surface area (Å²) in [6, 6.07) is 8.17. The fourth-order valence-corrected chi connectivity index (χ4v) is 3.95. The number of aromatic nitrogens is 6. The van der Waals surface area contributed by atoms with Gasteiger partial charge in [-0.25, -0.2) is 0 Å². The number of nitrogens with zero attached hydrogens (tertiary/aromatic N) is 7. The van der Waals surface area contributed by atoms with E-state index in [4.69, 9.17) is 5.10 Å². The lowest BCUT2D eigenvalue weighted by Crippen LogP contribution is -2.22. The van der Waals surface area contributed by atoms with Crippen LogP contribution in [-0.2, 0) is 40.3 Å². The summed E-state index contributed by atoms with van der Waals surface area (Å²) in [4.78, 5) is 6.89. The normalized spacial score (nSPS) is 13.9. The van der Waals surface area contributed by atoms with Gasteiger partial charge < -0.3 is 4.57 Å². The Morgan fingerprint density at radius 2 is 1.96 bits per heavy atom. The Bertz CT molecular complexity index is 1100. The van der Waals surface area contributed by atoms with E-state index < -0.39 is 0 Å². The average molecular weight is 373 g/mol. The van der Waals surface area contributed by atoms with E-state index in [0.717, 1.165) is 31.0 Å². The fraction of sp³-hybridized carbons (Fsp3) is 0.286. The molecule has 7 nitrogen and oxygen atoms in total. The van der Waals surface area contributed by atoms with Crippen molar-refractivity contribution in [1.29, 1.82) is 0 Å². The van der Waals surface area contributed by atoms with E-state index in [1.165, 1.54) is 22.4 Å². The highest BCUT2D eigenvalue weighted by atomic mass is 15.3. The molecule has 5 rings (SSSR count). The maximum atomic E-state index is 4.93. The summed E-state index contributed by atoms with van der Waals surface area (Å²) >= 11 is 0. The quantitative estimate of drug-likeness (QED) is 0.552. The molecule has 1 aliphatic rings. The Labute approximate surface area is 163 Å². The molecule has 142 valence electrons. The van der Waals surface area contributed by atoms with Gasteiger partial charge in [-0.15, -0.1) is 0 Å². The fourth-order valence-electron chi connectivity index (χ4n) is 3.95. The highest BCUT2D eigenvalue weighted by Crippen LogP contribution is 2.32. The lowest BCUT2D eigenvalue weighted by Gasteiger charge is -2.20. The maximum Gasteiger partial charge on any atom is 0.0986 e. The van der Waals surface area contributed by atoms with Crippen molar-refractivity contribution < 1.29 is 0 Å². The molecular formula is C21H23N7. The van der Waals surface area contributed by atoms with Gasteiger partial charge in [0.05, 0.1) is 24.1 Å². The molecule has 28 heavy (non-hydrogen) atoms. The van der Waals surface area contributed by atoms with Crippen LogP contribution >= 0.6 is 0 Å². The highest BCUT2D eigenvalue weighted by Gasteiger charge is 2.25. The molecule has 0 spiro atoms. The van der Waals surface area contributed by atoms with Crippen molar-refractivity contribution in [2.24, 2.45) is 14.1 Å². The zero-order valence-electron chi connectivity index (χ0n) is 16.2. The van der Waals surface area contributed by atoms with Crippen LogP contribution in [0.3, 0.4) is 0 Å². The van der Waals surface area contributed by atoms with Crippen LogP contribution in [0.25, 0.3) is 11.3 Å². The first-order valence-electron chi connectivity index (χ1n) is 9.46. The molecule has 4 aromatic rings. The van der Waals surface area contributed by atoms with Gasteiger partial charge in [-0.2, -0.15) is 10.2 Å². The van der Waals surface area contributed by atoms with E-state index in [2.05, 4.69) is 51.3 Å². The summed E-state index contributed by atoms with van der Waals surface area (Å²) in [5, 5.41) is 9.24. The minimum atomic E-state index is 0.679. The molecule has 0 atom stereocenters. The van der Waals surface area contributed by atoms with Crippen molar-refractivity contribution >= 4 is 0 Å². The predicted octanol–water partition coefficient (Wildman–Crippen LogP) is 2.58. The first-order valence-corrected chi connectivity index (χ1v) is 9.46. The molecule has 0 unspecified atom stereocenters. The van der Waals surface area contributed by atoms with E-state index in [-0.39, 0.29) is 0 Å². The van der Waals surface area contributed by atoms with Gasteiger partial charge in [0.2, 0.25) is 0 Å². The summed E-state index contributed by atoms with van der Waals surface area (Å²) in [7, 11) is 4.07. The minimum Gasteiger partial charge on any atom is -0.353 e. The van der Waals surface area contributed by atoms with Crippen LogP contribution < -0.4 is 0 Å². The zero-order chi connectivity index (χ0) is 19.1. The summed E-state index contributed by atoms with van der Waals surface area (Å²) in [5.74, 6) is 0. The number of hydrogen-bond donors (Lipinski definition) is 0. The Morgan fingerprint density at radius 3 is 2.75 bits per heavy atom. The Morgan fingerprint density at radius 1 is 1.04 bits per heavy atom. The van der Waals surface area contributed by atoms with Crippen LogP contribution in [0.15, 0.2) is 55.2 Å². The average Bonchev–Trinajstić information content (AvgIpc) is 3.34. The van der Waals surface area contributed by atoms with Crippen molar-refractivity contribution in [2.75, 3.05) is 0 Å². The van der Waals surface area contributed by atoms with Gasteiger partial charge in [-0.05, 0) is 18.2 Å². The van der Waals surface area contributed by atoms with Crippen LogP contribution in [0.1, 0.15) is 22.5 Å². The van der Waals surface area contributed by atoms with Gasteiger partial charge in [-0.1, -0.05) is 6.07 Å². The molecule has 1 aliphatic heterocycles. The molecule has 4 aromatic heterocycles. The molecule has 0 amide bonds. The van der Waals surface area contributed by atoms with E-state index >= 15 is 0 Å². The predicted molar refractivity (Wildman–Crippen MR) is 106 cm³/mol. The van der Waals surface area contributed by atoms with Gasteiger partial charge in [0.1, 0.15) is 0 Å². The Hall–Kier alpha value is -3.19. The van der Waals surface area contributed by atoms with Crippen LogP contribution in [0.5, 0.6) is 0 Å². The van der Waals surface area contributed by atoms with Crippen LogP contribution in [0.2, 0.25) is 0 Å². The smallest absolute Gasteiger partial charge is 0.0986 e. The largest absolute Gasteiger partial charge is 0.353 e. The number of fused-ring (bicyclic) bond motifs is 3. The second kappa shape index (κ2) is 6.76. The number of rotatable bonds is 4. The minimum absolute atomic E-state index is 0.679. The van der Waals surface area contributed by atoms with Crippen LogP contribution in [0.4, 0.5) is 0 Å². The van der Waals surface area contributed by atoms with E-state index in [1.54, 1.807) is 0 Å². The summed E-state index contributed by atoms with van der Waals surface area (Å²) < 4.78 is 6.08. The summed E-state index contributed by atoms with van der Waals surface area (Å²) in [5.41, 5.74) is 7.10. The standard InChI is InChI=1S/C21H23N7/c1-25-8-6-19-20(25)15-27(11-16-9-23-26(2)10-16)12-17-13-28(24-21(17)19)14-18-5-3-4-7-22-18/h3-10,13H,11-12,14-15H2,1-2H3. The third kappa shape index (κ3) is 3.14. The van der Waals surface area contributed by atoms with Crippen molar-refractivity contribution in [2.45, 2.75) is 26.2 Å². The first-order chi connectivity index (χ1) is 13.7. The van der Waals surface area contributed by atoms with Gasteiger partial charge in [0.25, 0.3) is 0 Å². The van der Waals surface area contributed by atoms with Crippen molar-refractivity contribution in [3.8, 4) is 11.3 Å². The van der Waals surface area contributed by atoms with Gasteiger partial charge >= 0.3 is 0 Å². The van der Waals surface area contributed by atoms with E-state index in [0.29, 0.717) is 6.54 Å². The topological polar surface area (TPSA) is 56.7 Å². The number of pyridine rings is 1. The molecule has 7 heteroatoms. The molecule has 0 saturated heterocycles. The molecule has 0 bridgehead atoms. The first kappa shape index (κ1) is 16.9. The second-order valence-electron chi connectivity index (χ2n) is 7.48. The van der Waals surface area contributed by atoms with E-state index in [9.17, 15) is 0 Å². The molecule has 0 aliphatic carbocycles. The van der Waals surface area contributed by atoms with Crippen molar-refractivity contribution in [3.63, 3.8) is 0 Å². The Kier molecular flexibility index (Phi) is 4.09. The van der Waals surface area contributed by atoms with Gasteiger partial charge in [0.15, 0.2) is 0 Å². The third-order valence-electron chi connectivity index (χ3n) is 5.28. The summed E-state index contributed by atoms with van der Waals surface area (Å²) in [6.45, 7) is 3.30. The highest BCUT2D eigenvalue weighted by molar-refractivity contribution is 5.66. The zero-order valence-corrected chi connectivity index (χ0v) is 16.2. The maximum absolute atomic E-state index is 4.93. The van der Waals surface area contributed by atoms with E-state index in [1.807, 2.05) is 47.0 Å². The van der Waals surface area contributed by atoms with Crippen molar-refractivity contribution in [3.05, 3.63) is 77.8 Å². The summed E-state index contributed by atoms with van der Waals surface area (Å²) in [6.07, 6.45) is 10.2. The SMILES string of the molecule is Cn1cc(CN2Cc3cn(Cc4ccccn4)nc3-c3ccn(C)c3C2)cn1. The second-order valence-corrected chi connectivity index (χ2v) is 7.48.